The number of hydrazone groups is 1. The maximum Gasteiger partial charge on any atom is 0.177 e. The number of nitrogens with one attached hydrogen (secondary N) is 1. The molecule has 0 radical (unpaired) electrons. The maximum absolute atomic E-state index is 5.57. The topological polar surface area (TPSA) is 127 Å². The third kappa shape index (κ3) is 1.76. The number of fused-ring (bicyclic) bond motifs is 1. The Hall–Kier alpha value is -2.55. The van der Waals surface area contributed by atoms with Crippen molar-refractivity contribution in [2.45, 2.75) is 0 Å². The first-order chi connectivity index (χ1) is 8.74. The highest BCUT2D eigenvalue weighted by atomic mass is 32.1. The van der Waals surface area contributed by atoms with E-state index in [1.54, 1.807) is 0 Å². The van der Waals surface area contributed by atoms with Crippen molar-refractivity contribution in [1.29, 1.82) is 0 Å². The highest BCUT2D eigenvalue weighted by Crippen LogP contribution is 2.17. The van der Waals surface area contributed by atoms with E-state index in [0.29, 0.717) is 5.71 Å². The monoisotopic (exact) mass is 260 g/mol. The van der Waals surface area contributed by atoms with E-state index in [4.69, 9.17) is 11.5 Å². The van der Waals surface area contributed by atoms with E-state index in [1.165, 1.54) is 0 Å². The minimum Gasteiger partial charge on any atom is -0.380 e. The normalized spacial score (nSPS) is 14.6. The van der Waals surface area contributed by atoms with Gasteiger partial charge in [-0.2, -0.15) is 13.8 Å². The summed E-state index contributed by atoms with van der Waals surface area (Å²) < 4.78 is 8.24. The van der Waals surface area contributed by atoms with Crippen LogP contribution in [0.1, 0.15) is 0 Å². The highest BCUT2D eigenvalue weighted by Gasteiger charge is 2.16. The Bertz CT molecular complexity index is 677. The number of anilines is 1. The molecular weight excluding hydrogens is 252 g/mol. The molecule has 0 atom stereocenters. The van der Waals surface area contributed by atoms with Gasteiger partial charge in [0.15, 0.2) is 17.4 Å². The zero-order chi connectivity index (χ0) is 12.5. The molecule has 1 aromatic carbocycles. The van der Waals surface area contributed by atoms with Crippen LogP contribution in [-0.2, 0) is 0 Å². The van der Waals surface area contributed by atoms with Crippen LogP contribution in [0.5, 0.6) is 0 Å². The van der Waals surface area contributed by atoms with E-state index in [0.717, 1.165) is 28.4 Å². The van der Waals surface area contributed by atoms with Gasteiger partial charge in [-0.05, 0) is 18.2 Å². The van der Waals surface area contributed by atoms with Gasteiger partial charge in [0.2, 0.25) is 0 Å². The first-order valence-corrected chi connectivity index (χ1v) is 5.70. The van der Waals surface area contributed by atoms with Crippen LogP contribution in [0, 0.1) is 0 Å². The number of aromatic nitrogens is 2. The van der Waals surface area contributed by atoms with Crippen molar-refractivity contribution in [3.63, 3.8) is 0 Å². The molecule has 2 aromatic rings. The smallest absolute Gasteiger partial charge is 0.177 e. The molecule has 0 bridgehead atoms. The van der Waals surface area contributed by atoms with Gasteiger partial charge in [-0.15, -0.1) is 10.2 Å². The Labute approximate surface area is 105 Å². The van der Waals surface area contributed by atoms with Crippen molar-refractivity contribution < 1.29 is 0 Å². The zero-order valence-corrected chi connectivity index (χ0v) is 9.85. The van der Waals surface area contributed by atoms with E-state index in [2.05, 4.69) is 29.5 Å². The Kier molecular flexibility index (Phi) is 2.38. The molecule has 90 valence electrons. The van der Waals surface area contributed by atoms with E-state index in [-0.39, 0.29) is 11.7 Å². The number of benzene rings is 1. The fraction of sp³-hybridized carbons (Fsp3) is 0. The van der Waals surface area contributed by atoms with Crippen molar-refractivity contribution in [3.8, 4) is 0 Å². The van der Waals surface area contributed by atoms with Crippen LogP contribution < -0.4 is 16.9 Å². The summed E-state index contributed by atoms with van der Waals surface area (Å²) in [4.78, 5) is 0. The Morgan fingerprint density at radius 2 is 1.78 bits per heavy atom. The summed E-state index contributed by atoms with van der Waals surface area (Å²) in [5.74, 6) is 0.382. The molecule has 0 aliphatic carbocycles. The fourth-order valence-electron chi connectivity index (χ4n) is 1.42. The standard InChI is InChI=1S/C9H8N8S/c10-8-7(9(11)15-14-8)13-12-4-1-2-5-6(3-4)17-18-16-5/h1-3,12H,(H4,10,11,13,14,15). The van der Waals surface area contributed by atoms with Crippen LogP contribution in [0.4, 0.5) is 5.69 Å². The molecular formula is C9H8N8S. The van der Waals surface area contributed by atoms with Gasteiger partial charge >= 0.3 is 0 Å². The predicted octanol–water partition coefficient (Wildman–Crippen LogP) is 0.102. The van der Waals surface area contributed by atoms with Gasteiger partial charge in [0, 0.05) is 0 Å². The van der Waals surface area contributed by atoms with Crippen LogP contribution in [0.2, 0.25) is 0 Å². The first-order valence-electron chi connectivity index (χ1n) is 4.97. The van der Waals surface area contributed by atoms with Gasteiger partial charge in [0.05, 0.1) is 17.4 Å². The number of nitrogens with two attached hydrogens (primary N) is 2. The van der Waals surface area contributed by atoms with Crippen molar-refractivity contribution in [3.05, 3.63) is 18.2 Å². The van der Waals surface area contributed by atoms with Crippen molar-refractivity contribution >= 4 is 45.8 Å². The van der Waals surface area contributed by atoms with Gasteiger partial charge in [-0.25, -0.2) is 0 Å². The summed E-state index contributed by atoms with van der Waals surface area (Å²) in [5, 5.41) is 11.3. The van der Waals surface area contributed by atoms with Crippen LogP contribution in [0.25, 0.3) is 11.0 Å². The summed E-state index contributed by atoms with van der Waals surface area (Å²) in [7, 11) is 0. The average Bonchev–Trinajstić information content (AvgIpc) is 2.94. The molecule has 1 aliphatic rings. The average molecular weight is 260 g/mol. The van der Waals surface area contributed by atoms with E-state index in [1.807, 2.05) is 18.2 Å². The number of hydrogen-bond donors (Lipinski definition) is 3. The van der Waals surface area contributed by atoms with Gasteiger partial charge in [-0.1, -0.05) is 0 Å². The lowest BCUT2D eigenvalue weighted by molar-refractivity contribution is 1.25. The first kappa shape index (κ1) is 10.6. The second kappa shape index (κ2) is 4.04. The van der Waals surface area contributed by atoms with Crippen LogP contribution in [0.3, 0.4) is 0 Å². The summed E-state index contributed by atoms with van der Waals surface area (Å²) in [6, 6.07) is 5.52. The maximum atomic E-state index is 5.57. The number of rotatable bonds is 2. The zero-order valence-electron chi connectivity index (χ0n) is 9.03. The minimum absolute atomic E-state index is 0.191. The summed E-state index contributed by atoms with van der Waals surface area (Å²) in [5.41, 5.74) is 16.7. The van der Waals surface area contributed by atoms with Gasteiger partial charge in [0.1, 0.15) is 11.0 Å². The van der Waals surface area contributed by atoms with Gasteiger partial charge < -0.3 is 11.5 Å². The molecule has 0 spiro atoms. The molecule has 1 aliphatic heterocycles. The lowest BCUT2D eigenvalue weighted by Crippen LogP contribution is -2.32. The second-order valence-corrected chi connectivity index (χ2v) is 4.04. The Balaban J connectivity index is 1.86. The fourth-order valence-corrected chi connectivity index (χ4v) is 1.94. The number of nitrogens with zero attached hydrogens (tertiary/aromatic N) is 5. The molecule has 0 saturated carbocycles. The molecule has 18 heavy (non-hydrogen) atoms. The van der Waals surface area contributed by atoms with Gasteiger partial charge in [-0.3, -0.25) is 5.43 Å². The SMILES string of the molecule is NC1=NN=C(N)C1=NNc1ccc2nsnc2c1. The third-order valence-corrected chi connectivity index (χ3v) is 2.86. The summed E-state index contributed by atoms with van der Waals surface area (Å²) in [6.07, 6.45) is 0. The molecule has 9 heteroatoms. The van der Waals surface area contributed by atoms with Crippen molar-refractivity contribution in [2.75, 3.05) is 5.43 Å². The minimum atomic E-state index is 0.191. The second-order valence-electron chi connectivity index (χ2n) is 3.51. The van der Waals surface area contributed by atoms with E-state index in [9.17, 15) is 0 Å². The summed E-state index contributed by atoms with van der Waals surface area (Å²) >= 11 is 1.16. The quantitative estimate of drug-likeness (QED) is 0.660. The molecule has 1 aromatic heterocycles. The van der Waals surface area contributed by atoms with Crippen molar-refractivity contribution in [2.24, 2.45) is 26.8 Å². The molecule has 5 N–H and O–H groups in total. The predicted molar refractivity (Wildman–Crippen MR) is 71.7 cm³/mol. The molecule has 2 heterocycles. The van der Waals surface area contributed by atoms with E-state index < -0.39 is 0 Å². The molecule has 0 fully saturated rings. The highest BCUT2D eigenvalue weighted by molar-refractivity contribution is 7.00. The van der Waals surface area contributed by atoms with Crippen LogP contribution in [-0.4, -0.2) is 26.1 Å². The van der Waals surface area contributed by atoms with Crippen LogP contribution >= 0.6 is 11.7 Å². The largest absolute Gasteiger partial charge is 0.380 e. The van der Waals surface area contributed by atoms with E-state index >= 15 is 0 Å². The molecule has 0 amide bonds. The lowest BCUT2D eigenvalue weighted by atomic mass is 10.3. The van der Waals surface area contributed by atoms with Gasteiger partial charge in [0.25, 0.3) is 0 Å². The lowest BCUT2D eigenvalue weighted by Gasteiger charge is -2.01. The number of amidine groups is 2. The summed E-state index contributed by atoms with van der Waals surface area (Å²) in [6.45, 7) is 0. The Morgan fingerprint density at radius 3 is 2.56 bits per heavy atom. The molecule has 8 nitrogen and oxygen atoms in total. The van der Waals surface area contributed by atoms with Crippen molar-refractivity contribution in [1.82, 2.24) is 8.75 Å². The molecule has 3 rings (SSSR count). The van der Waals surface area contributed by atoms with Crippen LogP contribution in [0.15, 0.2) is 33.5 Å². The number of hydrogen-bond acceptors (Lipinski definition) is 9. The Morgan fingerprint density at radius 1 is 1.06 bits per heavy atom. The molecule has 0 unspecified atom stereocenters. The molecule has 0 saturated heterocycles. The third-order valence-electron chi connectivity index (χ3n) is 2.30.